The molecule has 0 spiro atoms. The average molecular weight is 290 g/mol. The summed E-state index contributed by atoms with van der Waals surface area (Å²) in [5.41, 5.74) is -1.20. The number of thioether (sulfide) groups is 1. The Balaban J connectivity index is 4.48. The molecule has 19 heavy (non-hydrogen) atoms. The molecular formula is C13H26N2O3S. The summed E-state index contributed by atoms with van der Waals surface area (Å²) in [6, 6.07) is -0.269. The molecule has 0 rings (SSSR count). The monoisotopic (exact) mass is 290 g/mol. The Morgan fingerprint density at radius 1 is 1.37 bits per heavy atom. The summed E-state index contributed by atoms with van der Waals surface area (Å²) in [6.45, 7) is 9.26. The number of hydrogen-bond donors (Lipinski definition) is 2. The standard InChI is InChI=1S/C13H26N2O3S/c1-6-15(13(4,5)11(16)17)12(18)14-10(3)8-9-19-7-2/h10H,6-9H2,1-5H3,(H,14,18)(H,16,17). The van der Waals surface area contributed by atoms with E-state index in [1.807, 2.05) is 18.7 Å². The molecule has 0 saturated heterocycles. The molecule has 2 N–H and O–H groups in total. The van der Waals surface area contributed by atoms with Crippen LogP contribution in [0.25, 0.3) is 0 Å². The van der Waals surface area contributed by atoms with E-state index in [0.29, 0.717) is 6.54 Å². The fraction of sp³-hybridized carbons (Fsp3) is 0.846. The van der Waals surface area contributed by atoms with Crippen LogP contribution >= 0.6 is 11.8 Å². The summed E-state index contributed by atoms with van der Waals surface area (Å²) < 4.78 is 0. The topological polar surface area (TPSA) is 69.6 Å². The minimum atomic E-state index is -1.20. The first-order valence-corrected chi connectivity index (χ1v) is 7.82. The first kappa shape index (κ1) is 18.1. The van der Waals surface area contributed by atoms with Crippen molar-refractivity contribution in [1.82, 2.24) is 10.2 Å². The third kappa shape index (κ3) is 5.72. The van der Waals surface area contributed by atoms with Crippen molar-refractivity contribution in [3.63, 3.8) is 0 Å². The van der Waals surface area contributed by atoms with E-state index in [1.54, 1.807) is 6.92 Å². The molecule has 0 aromatic rings. The molecule has 0 aliphatic heterocycles. The van der Waals surface area contributed by atoms with Crippen molar-refractivity contribution in [2.45, 2.75) is 52.6 Å². The summed E-state index contributed by atoms with van der Waals surface area (Å²) in [6.07, 6.45) is 0.884. The van der Waals surface area contributed by atoms with Crippen molar-refractivity contribution in [2.24, 2.45) is 0 Å². The molecule has 0 aliphatic rings. The second-order valence-electron chi connectivity index (χ2n) is 4.94. The van der Waals surface area contributed by atoms with Crippen LogP contribution < -0.4 is 5.32 Å². The lowest BCUT2D eigenvalue weighted by Crippen LogP contribution is -2.57. The molecule has 112 valence electrons. The maximum atomic E-state index is 12.1. The summed E-state index contributed by atoms with van der Waals surface area (Å²) in [5, 5.41) is 12.0. The third-order valence-electron chi connectivity index (χ3n) is 3.03. The summed E-state index contributed by atoms with van der Waals surface area (Å²) >= 11 is 1.83. The van der Waals surface area contributed by atoms with Crippen LogP contribution in [0.4, 0.5) is 4.79 Å². The minimum absolute atomic E-state index is 0.0465. The number of urea groups is 1. The van der Waals surface area contributed by atoms with Gasteiger partial charge in [0.25, 0.3) is 0 Å². The molecule has 0 radical (unpaired) electrons. The number of nitrogens with one attached hydrogen (secondary N) is 1. The zero-order valence-electron chi connectivity index (χ0n) is 12.5. The number of aliphatic carboxylic acids is 1. The lowest BCUT2D eigenvalue weighted by molar-refractivity contribution is -0.147. The van der Waals surface area contributed by atoms with E-state index in [9.17, 15) is 14.7 Å². The van der Waals surface area contributed by atoms with Crippen molar-refractivity contribution in [2.75, 3.05) is 18.1 Å². The molecule has 0 bridgehead atoms. The Kier molecular flexibility index (Phi) is 7.90. The Morgan fingerprint density at radius 3 is 2.37 bits per heavy atom. The molecular weight excluding hydrogens is 264 g/mol. The predicted octanol–water partition coefficient (Wildman–Crippen LogP) is 2.41. The summed E-state index contributed by atoms with van der Waals surface area (Å²) in [5.74, 6) is 1.05. The highest BCUT2D eigenvalue weighted by atomic mass is 32.2. The smallest absolute Gasteiger partial charge is 0.329 e. The van der Waals surface area contributed by atoms with Crippen LogP contribution in [-0.4, -0.2) is 51.6 Å². The van der Waals surface area contributed by atoms with E-state index in [-0.39, 0.29) is 12.1 Å². The number of carbonyl (C=O) groups excluding carboxylic acids is 1. The zero-order valence-corrected chi connectivity index (χ0v) is 13.3. The van der Waals surface area contributed by atoms with E-state index < -0.39 is 11.5 Å². The Hall–Kier alpha value is -0.910. The van der Waals surface area contributed by atoms with Crippen LogP contribution in [-0.2, 0) is 4.79 Å². The van der Waals surface area contributed by atoms with E-state index in [4.69, 9.17) is 0 Å². The molecule has 6 heteroatoms. The van der Waals surface area contributed by atoms with Crippen LogP contribution in [0.15, 0.2) is 0 Å². The van der Waals surface area contributed by atoms with Gasteiger partial charge >= 0.3 is 12.0 Å². The largest absolute Gasteiger partial charge is 0.480 e. The number of amides is 2. The molecule has 1 unspecified atom stereocenters. The average Bonchev–Trinajstić information content (AvgIpc) is 2.29. The minimum Gasteiger partial charge on any atom is -0.480 e. The molecule has 1 atom stereocenters. The highest BCUT2D eigenvalue weighted by Gasteiger charge is 2.37. The predicted molar refractivity (Wildman–Crippen MR) is 79.7 cm³/mol. The Labute approximate surface area is 120 Å². The number of carboxylic acid groups (broad SMARTS) is 1. The Bertz CT molecular complexity index is 308. The number of carbonyl (C=O) groups is 2. The van der Waals surface area contributed by atoms with E-state index in [2.05, 4.69) is 12.2 Å². The molecule has 0 aromatic heterocycles. The maximum absolute atomic E-state index is 12.1. The van der Waals surface area contributed by atoms with Gasteiger partial charge in [-0.05, 0) is 45.6 Å². The Morgan fingerprint density at radius 2 is 1.95 bits per heavy atom. The van der Waals surface area contributed by atoms with Gasteiger partial charge in [-0.2, -0.15) is 11.8 Å². The van der Waals surface area contributed by atoms with Gasteiger partial charge in [0, 0.05) is 12.6 Å². The molecule has 0 saturated carbocycles. The van der Waals surface area contributed by atoms with Crippen molar-refractivity contribution < 1.29 is 14.7 Å². The quantitative estimate of drug-likeness (QED) is 0.674. The lowest BCUT2D eigenvalue weighted by atomic mass is 10.0. The van der Waals surface area contributed by atoms with Gasteiger partial charge in [0.15, 0.2) is 0 Å². The summed E-state index contributed by atoms with van der Waals surface area (Å²) in [4.78, 5) is 24.7. The van der Waals surface area contributed by atoms with Gasteiger partial charge in [-0.3, -0.25) is 0 Å². The molecule has 0 aliphatic carbocycles. The zero-order chi connectivity index (χ0) is 15.1. The first-order valence-electron chi connectivity index (χ1n) is 6.66. The van der Waals surface area contributed by atoms with Crippen molar-refractivity contribution in [1.29, 1.82) is 0 Å². The van der Waals surface area contributed by atoms with Crippen LogP contribution in [0.1, 0.15) is 41.0 Å². The molecule has 0 heterocycles. The second-order valence-corrected chi connectivity index (χ2v) is 6.34. The number of nitrogens with zero attached hydrogens (tertiary/aromatic N) is 1. The van der Waals surface area contributed by atoms with E-state index in [0.717, 1.165) is 17.9 Å². The number of likely N-dealkylation sites (N-methyl/N-ethyl adjacent to an activating group) is 1. The highest BCUT2D eigenvalue weighted by molar-refractivity contribution is 7.99. The van der Waals surface area contributed by atoms with Crippen molar-refractivity contribution >= 4 is 23.8 Å². The molecule has 0 fully saturated rings. The summed E-state index contributed by atoms with van der Waals surface area (Å²) in [7, 11) is 0. The van der Waals surface area contributed by atoms with Crippen molar-refractivity contribution in [3.8, 4) is 0 Å². The van der Waals surface area contributed by atoms with Crippen LogP contribution in [0.5, 0.6) is 0 Å². The van der Waals surface area contributed by atoms with Gasteiger partial charge in [-0.25, -0.2) is 9.59 Å². The fourth-order valence-corrected chi connectivity index (χ4v) is 2.48. The van der Waals surface area contributed by atoms with Gasteiger partial charge in [0.2, 0.25) is 0 Å². The number of hydrogen-bond acceptors (Lipinski definition) is 3. The number of rotatable bonds is 8. The first-order chi connectivity index (χ1) is 8.77. The maximum Gasteiger partial charge on any atom is 0.329 e. The van der Waals surface area contributed by atoms with Gasteiger partial charge < -0.3 is 15.3 Å². The highest BCUT2D eigenvalue weighted by Crippen LogP contribution is 2.15. The van der Waals surface area contributed by atoms with Crippen molar-refractivity contribution in [3.05, 3.63) is 0 Å². The normalized spacial score (nSPS) is 12.9. The SMILES string of the molecule is CCSCCC(C)NC(=O)N(CC)C(C)(C)C(=O)O. The fourth-order valence-electron chi connectivity index (χ4n) is 1.67. The van der Waals surface area contributed by atoms with E-state index >= 15 is 0 Å². The molecule has 5 nitrogen and oxygen atoms in total. The van der Waals surface area contributed by atoms with Crippen LogP contribution in [0.2, 0.25) is 0 Å². The molecule has 0 aromatic carbocycles. The van der Waals surface area contributed by atoms with E-state index in [1.165, 1.54) is 18.7 Å². The van der Waals surface area contributed by atoms with Gasteiger partial charge in [-0.1, -0.05) is 6.92 Å². The third-order valence-corrected chi connectivity index (χ3v) is 3.96. The van der Waals surface area contributed by atoms with Gasteiger partial charge in [0.1, 0.15) is 5.54 Å². The molecule has 2 amide bonds. The van der Waals surface area contributed by atoms with Gasteiger partial charge in [0.05, 0.1) is 0 Å². The van der Waals surface area contributed by atoms with Crippen LogP contribution in [0, 0.1) is 0 Å². The second kappa shape index (κ2) is 8.30. The number of carboxylic acids is 1. The van der Waals surface area contributed by atoms with Gasteiger partial charge in [-0.15, -0.1) is 0 Å². The lowest BCUT2D eigenvalue weighted by Gasteiger charge is -2.35. The van der Waals surface area contributed by atoms with Crippen LogP contribution in [0.3, 0.4) is 0 Å².